The molecule has 0 radical (unpaired) electrons. The molecule has 10 aromatic carbocycles. The lowest BCUT2D eigenvalue weighted by molar-refractivity contribution is 0.397. The van der Waals surface area contributed by atoms with Crippen molar-refractivity contribution in [1.82, 2.24) is 83.8 Å². The molecule has 666 valence electrons. The number of H-pyrrole nitrogens is 7. The first-order chi connectivity index (χ1) is 60.7. The van der Waals surface area contributed by atoms with Gasteiger partial charge in [-0.15, -0.1) is 0 Å². The van der Waals surface area contributed by atoms with Crippen molar-refractivity contribution < 1.29 is 51.6 Å². The first kappa shape index (κ1) is 93.2. The number of aromatic nitrogens is 14. The molecule has 1 aliphatic heterocycles. The number of methoxy groups -OCH3 is 2. The molecule has 0 aliphatic carbocycles. The average Bonchev–Trinajstić information content (AvgIpc) is 1.61. The number of benzene rings is 10. The first-order valence-electron chi connectivity index (χ1n) is 40.1. The zero-order valence-corrected chi connectivity index (χ0v) is 77.5. The first-order valence-corrected chi connectivity index (χ1v) is 47.9. The van der Waals surface area contributed by atoms with Crippen LogP contribution in [0.2, 0.25) is 0 Å². The summed E-state index contributed by atoms with van der Waals surface area (Å²) in [6.45, 7) is 25.5. The average molecular weight is 1830 g/mol. The largest absolute Gasteiger partial charge is 0.496 e. The number of sulfonamides is 4. The summed E-state index contributed by atoms with van der Waals surface area (Å²) in [5.41, 5.74) is 17.6. The predicted molar refractivity (Wildman–Crippen MR) is 500 cm³/mol. The van der Waals surface area contributed by atoms with Gasteiger partial charge in [0, 0.05) is 38.1 Å². The van der Waals surface area contributed by atoms with E-state index in [4.69, 9.17) is 14.7 Å². The molecule has 0 spiro atoms. The number of fused-ring (bicyclic) bond motifs is 7. The van der Waals surface area contributed by atoms with Gasteiger partial charge in [-0.05, 0) is 233 Å². The van der Waals surface area contributed by atoms with Gasteiger partial charge >= 0.3 is 0 Å². The SMILES string of the molecule is CC1=C(NS(=O)(=O)c2ccc3nc(C)[nH]c3c2)C(C)N(c2ccccc2)N1C.CCN(CC)S(=O)(=O)c1ccc2nc(C)[nH]c2c1.COc1cc2nc(C)[nH]c2cc1C.COc1ccccc1NS(=O)(=O)c1ccc2nc(C)[nH]c2c1.Cc1ccc(NS(=O)(=O)c2ccc3nc(C)[nH]c3c2)cc1.Cc1nc2ccc(C#N)cc2[nH]1.Cc1nc2ccc(S(C)(=O)=O)cc2[nH]1. The third-order valence-electron chi connectivity index (χ3n) is 20.3. The van der Waals surface area contributed by atoms with Crippen LogP contribution in [0.25, 0.3) is 77.2 Å². The quantitative estimate of drug-likeness (QED) is 0.0405. The van der Waals surface area contributed by atoms with Crippen LogP contribution in [0, 0.1) is 73.6 Å². The molecule has 38 heteroatoms. The highest BCUT2D eigenvalue weighted by Gasteiger charge is 2.35. The van der Waals surface area contributed by atoms with Gasteiger partial charge < -0.3 is 44.4 Å². The van der Waals surface area contributed by atoms with Gasteiger partial charge in [0.25, 0.3) is 30.1 Å². The summed E-state index contributed by atoms with van der Waals surface area (Å²) >= 11 is 0. The molecule has 10 N–H and O–H groups in total. The number of hydrazine groups is 1. The maximum absolute atomic E-state index is 13.1. The molecule has 1 unspecified atom stereocenters. The van der Waals surface area contributed by atoms with Crippen LogP contribution in [0.15, 0.2) is 236 Å². The fourth-order valence-electron chi connectivity index (χ4n) is 14.0. The summed E-state index contributed by atoms with van der Waals surface area (Å²) in [5, 5.41) is 12.7. The number of hydrogen-bond acceptors (Lipinski definition) is 22. The molecule has 1 atom stereocenters. The number of nitrogens with zero attached hydrogens (tertiary/aromatic N) is 11. The third-order valence-corrected chi connectivity index (χ3v) is 27.6. The fourth-order valence-corrected chi connectivity index (χ4v) is 19.6. The number of aryl methyl sites for hydroxylation is 9. The minimum Gasteiger partial charge on any atom is -0.496 e. The second-order valence-corrected chi connectivity index (χ2v) is 39.0. The van der Waals surface area contributed by atoms with E-state index in [-0.39, 0.29) is 20.7 Å². The van der Waals surface area contributed by atoms with Gasteiger partial charge in [0.2, 0.25) is 10.0 Å². The van der Waals surface area contributed by atoms with Gasteiger partial charge in [0.05, 0.1) is 156 Å². The number of sulfone groups is 1. The van der Waals surface area contributed by atoms with E-state index in [1.165, 1.54) is 23.7 Å². The lowest BCUT2D eigenvalue weighted by Crippen LogP contribution is -2.40. The van der Waals surface area contributed by atoms with Crippen LogP contribution >= 0.6 is 0 Å². The normalized spacial score (nSPS) is 12.9. The number of rotatable bonds is 17. The van der Waals surface area contributed by atoms with Crippen molar-refractivity contribution in [3.8, 4) is 17.6 Å². The second kappa shape index (κ2) is 38.9. The van der Waals surface area contributed by atoms with Gasteiger partial charge in [-0.3, -0.25) is 24.2 Å². The lowest BCUT2D eigenvalue weighted by atomic mass is 10.2. The molecule has 33 nitrogen and oxygen atoms in total. The highest BCUT2D eigenvalue weighted by atomic mass is 32.2. The van der Waals surface area contributed by atoms with Crippen LogP contribution < -0.4 is 28.6 Å². The van der Waals surface area contributed by atoms with Crippen LogP contribution in [-0.2, 0) is 49.9 Å². The fraction of sp³-hybridized carbons (Fsp3) is 0.222. The topological polar surface area (TPSA) is 460 Å². The van der Waals surface area contributed by atoms with Crippen molar-refractivity contribution in [2.45, 2.75) is 121 Å². The number of hydrogen-bond donors (Lipinski definition) is 10. The molecule has 8 heterocycles. The Morgan fingerprint density at radius 2 is 0.766 bits per heavy atom. The van der Waals surface area contributed by atoms with Crippen LogP contribution in [0.5, 0.6) is 11.5 Å². The Morgan fingerprint density at radius 1 is 0.406 bits per heavy atom. The molecule has 128 heavy (non-hydrogen) atoms. The standard InChI is InChI=1S/C20H23N5O2S.C15H15N3O3S.C15H15N3O2S.C12H17N3O2S.C10H12N2O.C9H7N3.C9H10N2O2S/c1-13-20(14(2)25(24(13)4)16-8-6-5-7-9-16)23-28(26,27)17-10-11-18-19(12-17)22-15(3)21-18;1-10-16-12-8-7-11(9-14(12)17-10)22(19,20)18-13-5-3-4-6-15(13)21-2;1-10-3-5-12(6-4-10)18-21(19,20)13-7-8-14-15(9-13)17-11(2)16-14;1-4-15(5-2)18(16,17)10-6-7-11-12(8-10)14-9(3)13-11;1-6-4-8-9(5-10(6)13-3)12-7(2)11-8;1-6-11-8-3-2-7(5-10)4-9(8)12-6;1-6-10-8-4-3-7(14(2,12)13)5-9(8)11-6/h5-12,14,23H,1-4H3,(H,21,22);3-9,18H,1-2H3,(H,16,17);3-9,18H,1-2H3,(H,16,17);6-8H,4-5H2,1-3H3,(H,13,14);4-5H,1-3H3,(H,11,12);2-4H,1H3,(H,11,12);3-5H,1-2H3,(H,10,11). The Morgan fingerprint density at radius 3 is 1.19 bits per heavy atom. The molecule has 0 amide bonds. The number of allylic oxidation sites excluding steroid dienone is 1. The second-order valence-electron chi connectivity index (χ2n) is 30.0. The Hall–Kier alpha value is -14.0. The van der Waals surface area contributed by atoms with Crippen molar-refractivity contribution in [1.29, 1.82) is 5.26 Å². The number of nitrogens with one attached hydrogen (secondary N) is 10. The molecular weight excluding hydrogens is 1730 g/mol. The van der Waals surface area contributed by atoms with Crippen LogP contribution in [0.4, 0.5) is 17.1 Å². The minimum absolute atomic E-state index is 0.152. The molecule has 18 rings (SSSR count). The number of imidazole rings is 7. The summed E-state index contributed by atoms with van der Waals surface area (Å²) < 4.78 is 143. The smallest absolute Gasteiger partial charge is 0.262 e. The predicted octanol–water partition coefficient (Wildman–Crippen LogP) is 15.9. The zero-order chi connectivity index (χ0) is 92.5. The Labute approximate surface area is 742 Å². The number of ether oxygens (including phenoxy) is 2. The van der Waals surface area contributed by atoms with E-state index in [1.807, 2.05) is 163 Å². The number of nitriles is 1. The summed E-state index contributed by atoms with van der Waals surface area (Å²) in [6, 6.07) is 59.7. The van der Waals surface area contributed by atoms with Crippen molar-refractivity contribution in [2.24, 2.45) is 0 Å². The third kappa shape index (κ3) is 22.1. The molecule has 0 saturated heterocycles. The van der Waals surface area contributed by atoms with Crippen molar-refractivity contribution in [3.05, 3.63) is 269 Å². The van der Waals surface area contributed by atoms with E-state index in [1.54, 1.807) is 141 Å². The van der Waals surface area contributed by atoms with Gasteiger partial charge in [-0.2, -0.15) is 9.57 Å². The Kier molecular flexibility index (Phi) is 28.3. The molecule has 0 saturated carbocycles. The summed E-state index contributed by atoms with van der Waals surface area (Å²) in [4.78, 5) is 52.5. The van der Waals surface area contributed by atoms with Crippen molar-refractivity contribution in [3.63, 3.8) is 0 Å². The molecule has 0 fully saturated rings. The van der Waals surface area contributed by atoms with Crippen molar-refractivity contribution in [2.75, 3.05) is 55.1 Å². The highest BCUT2D eigenvalue weighted by Crippen LogP contribution is 2.34. The zero-order valence-electron chi connectivity index (χ0n) is 73.4. The maximum Gasteiger partial charge on any atom is 0.262 e. The van der Waals surface area contributed by atoms with Crippen LogP contribution in [-0.4, -0.2) is 168 Å². The lowest BCUT2D eigenvalue weighted by Gasteiger charge is -2.33. The van der Waals surface area contributed by atoms with Crippen molar-refractivity contribution >= 4 is 144 Å². The van der Waals surface area contributed by atoms with Gasteiger partial charge in [-0.1, -0.05) is 61.9 Å². The molecule has 17 aromatic rings. The molecule has 7 aromatic heterocycles. The monoisotopic (exact) mass is 1830 g/mol. The molecular formula is C90H99N21O12S5. The molecule has 0 bridgehead atoms. The van der Waals surface area contributed by atoms with E-state index >= 15 is 0 Å². The van der Waals surface area contributed by atoms with Gasteiger partial charge in [-0.25, -0.2) is 77.0 Å². The number of anilines is 3. The van der Waals surface area contributed by atoms with Gasteiger partial charge in [0.15, 0.2) is 9.84 Å². The highest BCUT2D eigenvalue weighted by molar-refractivity contribution is 7.93. The van der Waals surface area contributed by atoms with E-state index in [0.717, 1.165) is 130 Å². The summed E-state index contributed by atoms with van der Waals surface area (Å²) in [5.74, 6) is 6.97. The van der Waals surface area contributed by atoms with E-state index in [2.05, 4.69) is 95.0 Å². The van der Waals surface area contributed by atoms with Crippen LogP contribution in [0.3, 0.4) is 0 Å². The van der Waals surface area contributed by atoms with E-state index < -0.39 is 49.9 Å². The Balaban J connectivity index is 0.000000138. The van der Waals surface area contributed by atoms with Crippen LogP contribution in [0.1, 0.15) is 85.2 Å². The minimum atomic E-state index is -3.73. The van der Waals surface area contributed by atoms with E-state index in [0.29, 0.717) is 67.8 Å². The number of para-hydroxylation sites is 3. The number of aromatic amines is 7. The molecule has 1 aliphatic rings. The Bertz CT molecular complexity index is 7620. The summed E-state index contributed by atoms with van der Waals surface area (Å²) in [6.07, 6.45) is 1.19. The maximum atomic E-state index is 13.1. The van der Waals surface area contributed by atoms with Gasteiger partial charge in [0.1, 0.15) is 52.3 Å². The summed E-state index contributed by atoms with van der Waals surface area (Å²) in [7, 11) is -12.5. The van der Waals surface area contributed by atoms with E-state index in [9.17, 15) is 42.1 Å².